The highest BCUT2D eigenvalue weighted by Gasteiger charge is 2.34. The summed E-state index contributed by atoms with van der Waals surface area (Å²) in [7, 11) is 0. The van der Waals surface area contributed by atoms with Crippen LogP contribution in [0.25, 0.3) is 0 Å². The molecule has 17 heavy (non-hydrogen) atoms. The molecule has 1 fully saturated rings. The third-order valence-corrected chi connectivity index (χ3v) is 3.03. The monoisotopic (exact) mass is 240 g/mol. The van der Waals surface area contributed by atoms with E-state index in [2.05, 4.69) is 15.5 Å². The predicted molar refractivity (Wildman–Crippen MR) is 63.8 cm³/mol. The second kappa shape index (κ2) is 4.62. The zero-order valence-electron chi connectivity index (χ0n) is 10.6. The van der Waals surface area contributed by atoms with E-state index in [1.807, 2.05) is 25.7 Å². The fourth-order valence-corrected chi connectivity index (χ4v) is 2.03. The van der Waals surface area contributed by atoms with Crippen molar-refractivity contribution in [3.63, 3.8) is 0 Å². The van der Waals surface area contributed by atoms with Crippen LogP contribution in [0, 0.1) is 0 Å². The van der Waals surface area contributed by atoms with Gasteiger partial charge in [0.05, 0.1) is 18.2 Å². The summed E-state index contributed by atoms with van der Waals surface area (Å²) in [4.78, 5) is 1.93. The lowest BCUT2D eigenvalue weighted by Crippen LogP contribution is -2.29. The molecular formula is C11H20N4O2. The number of aliphatic hydroxyl groups is 1. The molecule has 96 valence electrons. The van der Waals surface area contributed by atoms with Crippen LogP contribution in [0.1, 0.15) is 39.1 Å². The van der Waals surface area contributed by atoms with E-state index in [1.165, 1.54) is 0 Å². The minimum absolute atomic E-state index is 0.0596. The molecule has 2 rings (SSSR count). The molecule has 2 N–H and O–H groups in total. The summed E-state index contributed by atoms with van der Waals surface area (Å²) in [6.07, 6.45) is 0.730. The van der Waals surface area contributed by atoms with Crippen LogP contribution in [-0.4, -0.2) is 40.5 Å². The Morgan fingerprint density at radius 1 is 1.59 bits per heavy atom. The van der Waals surface area contributed by atoms with E-state index < -0.39 is 5.60 Å². The third kappa shape index (κ3) is 2.76. The quantitative estimate of drug-likeness (QED) is 0.807. The zero-order chi connectivity index (χ0) is 12.5. The molecule has 0 amide bonds. The highest BCUT2D eigenvalue weighted by molar-refractivity contribution is 5.28. The summed E-state index contributed by atoms with van der Waals surface area (Å²) in [5.41, 5.74) is -0.651. The Hall–Kier alpha value is -1.14. The van der Waals surface area contributed by atoms with Gasteiger partial charge in [-0.3, -0.25) is 0 Å². The second-order valence-corrected chi connectivity index (χ2v) is 4.87. The van der Waals surface area contributed by atoms with Gasteiger partial charge in [-0.2, -0.15) is 0 Å². The van der Waals surface area contributed by atoms with Gasteiger partial charge in [-0.25, -0.2) is 0 Å². The molecule has 6 heteroatoms. The van der Waals surface area contributed by atoms with Crippen LogP contribution in [0.2, 0.25) is 0 Å². The first-order chi connectivity index (χ1) is 8.02. The molecule has 1 aliphatic heterocycles. The lowest BCUT2D eigenvalue weighted by Gasteiger charge is -2.16. The van der Waals surface area contributed by atoms with Crippen LogP contribution in [0.15, 0.2) is 4.42 Å². The fourth-order valence-electron chi connectivity index (χ4n) is 2.03. The molecule has 0 bridgehead atoms. The first-order valence-corrected chi connectivity index (χ1v) is 6.06. The SMILES string of the molecule is CCNC(C)c1nnc(N2CCC(C)(O)C2)o1. The zero-order valence-corrected chi connectivity index (χ0v) is 10.6. The highest BCUT2D eigenvalue weighted by Crippen LogP contribution is 2.26. The standard InChI is InChI=1S/C11H20N4O2/c1-4-12-8(2)9-13-14-10(17-9)15-6-5-11(3,16)7-15/h8,12,16H,4-7H2,1-3H3. The molecule has 1 aliphatic rings. The van der Waals surface area contributed by atoms with E-state index in [0.717, 1.165) is 19.5 Å². The molecule has 2 atom stereocenters. The molecule has 1 aromatic rings. The van der Waals surface area contributed by atoms with Gasteiger partial charge in [0.15, 0.2) is 0 Å². The van der Waals surface area contributed by atoms with E-state index in [4.69, 9.17) is 4.42 Å². The van der Waals surface area contributed by atoms with Gasteiger partial charge in [-0.1, -0.05) is 12.0 Å². The summed E-state index contributed by atoms with van der Waals surface area (Å²) in [5.74, 6) is 0.591. The maximum Gasteiger partial charge on any atom is 0.318 e. The van der Waals surface area contributed by atoms with E-state index in [9.17, 15) is 5.11 Å². The largest absolute Gasteiger partial charge is 0.406 e. The van der Waals surface area contributed by atoms with Gasteiger partial charge in [-0.05, 0) is 26.8 Å². The first kappa shape index (κ1) is 12.3. The van der Waals surface area contributed by atoms with E-state index in [0.29, 0.717) is 18.5 Å². The average molecular weight is 240 g/mol. The lowest BCUT2D eigenvalue weighted by molar-refractivity contribution is 0.0836. The maximum absolute atomic E-state index is 9.88. The van der Waals surface area contributed by atoms with Gasteiger partial charge >= 0.3 is 6.01 Å². The molecule has 1 aromatic heterocycles. The Balaban J connectivity index is 2.04. The van der Waals surface area contributed by atoms with Gasteiger partial charge in [-0.15, -0.1) is 5.10 Å². The first-order valence-electron chi connectivity index (χ1n) is 6.06. The summed E-state index contributed by atoms with van der Waals surface area (Å²) in [6, 6.07) is 0.562. The highest BCUT2D eigenvalue weighted by atomic mass is 16.4. The third-order valence-electron chi connectivity index (χ3n) is 3.03. The van der Waals surface area contributed by atoms with E-state index in [1.54, 1.807) is 0 Å². The Bertz CT molecular complexity index is 377. The number of rotatable bonds is 4. The number of anilines is 1. The molecular weight excluding hydrogens is 220 g/mol. The Morgan fingerprint density at radius 2 is 2.35 bits per heavy atom. The number of aromatic nitrogens is 2. The fraction of sp³-hybridized carbons (Fsp3) is 0.818. The van der Waals surface area contributed by atoms with Crippen LogP contribution in [-0.2, 0) is 0 Å². The van der Waals surface area contributed by atoms with Gasteiger partial charge < -0.3 is 19.7 Å². The predicted octanol–water partition coefficient (Wildman–Crippen LogP) is 0.701. The summed E-state index contributed by atoms with van der Waals surface area (Å²) in [5, 5.41) is 21.2. The molecule has 6 nitrogen and oxygen atoms in total. The summed E-state index contributed by atoms with van der Waals surface area (Å²) >= 11 is 0. The Labute approximate surface area is 101 Å². The van der Waals surface area contributed by atoms with Gasteiger partial charge in [0.2, 0.25) is 5.89 Å². The second-order valence-electron chi connectivity index (χ2n) is 4.87. The molecule has 2 heterocycles. The van der Waals surface area contributed by atoms with Gasteiger partial charge in [0.1, 0.15) is 0 Å². The molecule has 2 unspecified atom stereocenters. The number of nitrogens with zero attached hydrogens (tertiary/aromatic N) is 3. The van der Waals surface area contributed by atoms with Crippen molar-refractivity contribution in [3.05, 3.63) is 5.89 Å². The van der Waals surface area contributed by atoms with Crippen LogP contribution in [0.5, 0.6) is 0 Å². The maximum atomic E-state index is 9.88. The number of hydrogen-bond acceptors (Lipinski definition) is 6. The van der Waals surface area contributed by atoms with Crippen molar-refractivity contribution in [2.45, 2.75) is 38.8 Å². The minimum Gasteiger partial charge on any atom is -0.406 e. The van der Waals surface area contributed by atoms with Crippen molar-refractivity contribution in [1.29, 1.82) is 0 Å². The summed E-state index contributed by atoms with van der Waals surface area (Å²) in [6.45, 7) is 8.00. The van der Waals surface area contributed by atoms with E-state index in [-0.39, 0.29) is 6.04 Å². The molecule has 0 spiro atoms. The van der Waals surface area contributed by atoms with Gasteiger partial charge in [0, 0.05) is 6.54 Å². The molecule has 0 radical (unpaired) electrons. The van der Waals surface area contributed by atoms with Crippen LogP contribution < -0.4 is 10.2 Å². The van der Waals surface area contributed by atoms with Crippen molar-refractivity contribution >= 4 is 6.01 Å². The molecule has 1 saturated heterocycles. The Kier molecular flexibility index (Phi) is 3.35. The van der Waals surface area contributed by atoms with Crippen molar-refractivity contribution in [1.82, 2.24) is 15.5 Å². The van der Waals surface area contributed by atoms with Crippen LogP contribution >= 0.6 is 0 Å². The van der Waals surface area contributed by atoms with E-state index >= 15 is 0 Å². The number of hydrogen-bond donors (Lipinski definition) is 2. The minimum atomic E-state index is -0.651. The van der Waals surface area contributed by atoms with Crippen molar-refractivity contribution in [2.75, 3.05) is 24.5 Å². The molecule has 0 saturated carbocycles. The molecule has 0 aliphatic carbocycles. The number of nitrogens with one attached hydrogen (secondary N) is 1. The van der Waals surface area contributed by atoms with Crippen LogP contribution in [0.3, 0.4) is 0 Å². The van der Waals surface area contributed by atoms with Crippen molar-refractivity contribution in [3.8, 4) is 0 Å². The van der Waals surface area contributed by atoms with Crippen LogP contribution in [0.4, 0.5) is 6.01 Å². The van der Waals surface area contributed by atoms with Crippen molar-refractivity contribution in [2.24, 2.45) is 0 Å². The van der Waals surface area contributed by atoms with Gasteiger partial charge in [0.25, 0.3) is 0 Å². The lowest BCUT2D eigenvalue weighted by atomic mass is 10.1. The molecule has 0 aromatic carbocycles. The topological polar surface area (TPSA) is 74.4 Å². The summed E-state index contributed by atoms with van der Waals surface area (Å²) < 4.78 is 5.61. The Morgan fingerprint density at radius 3 is 2.94 bits per heavy atom. The smallest absolute Gasteiger partial charge is 0.318 e. The normalized spacial score (nSPS) is 26.5. The van der Waals surface area contributed by atoms with Crippen molar-refractivity contribution < 1.29 is 9.52 Å². The average Bonchev–Trinajstić information content (AvgIpc) is 2.84. The number of β-amino-alcohol motifs (C(OH)–C–C–N with tert-alkyl or cyclic N) is 1.